The van der Waals surface area contributed by atoms with Crippen LogP contribution >= 0.6 is 27.3 Å². The quantitative estimate of drug-likeness (QED) is 0.839. The SMILES string of the molecule is Brc1cccc(-c2cnc(CNC3CCCCC3)s2)c1. The van der Waals surface area contributed by atoms with Gasteiger partial charge in [-0.3, -0.25) is 0 Å². The molecule has 0 aliphatic heterocycles. The zero-order valence-corrected chi connectivity index (χ0v) is 13.8. The zero-order valence-electron chi connectivity index (χ0n) is 11.4. The van der Waals surface area contributed by atoms with Crippen LogP contribution in [0.25, 0.3) is 10.4 Å². The van der Waals surface area contributed by atoms with Gasteiger partial charge in [0, 0.05) is 23.3 Å². The Kier molecular flexibility index (Phi) is 4.86. The molecule has 0 bridgehead atoms. The van der Waals surface area contributed by atoms with Crippen LogP contribution in [0, 0.1) is 0 Å². The molecule has 1 aliphatic rings. The molecule has 1 saturated carbocycles. The third-order valence-corrected chi connectivity index (χ3v) is 5.35. The Morgan fingerprint density at radius 2 is 2.10 bits per heavy atom. The lowest BCUT2D eigenvalue weighted by Gasteiger charge is -2.22. The topological polar surface area (TPSA) is 24.9 Å². The Bertz CT molecular complexity index is 561. The molecule has 2 aromatic rings. The summed E-state index contributed by atoms with van der Waals surface area (Å²) in [7, 11) is 0. The van der Waals surface area contributed by atoms with E-state index < -0.39 is 0 Å². The highest BCUT2D eigenvalue weighted by atomic mass is 79.9. The summed E-state index contributed by atoms with van der Waals surface area (Å²) >= 11 is 5.31. The van der Waals surface area contributed by atoms with Crippen LogP contribution < -0.4 is 5.32 Å². The van der Waals surface area contributed by atoms with Crippen molar-refractivity contribution in [3.8, 4) is 10.4 Å². The van der Waals surface area contributed by atoms with Crippen molar-refractivity contribution in [2.24, 2.45) is 0 Å². The first-order chi connectivity index (χ1) is 9.81. The summed E-state index contributed by atoms with van der Waals surface area (Å²) < 4.78 is 1.12. The largest absolute Gasteiger partial charge is 0.308 e. The molecule has 3 rings (SSSR count). The van der Waals surface area contributed by atoms with Crippen LogP contribution in [0.4, 0.5) is 0 Å². The van der Waals surface area contributed by atoms with Crippen LogP contribution in [0.5, 0.6) is 0 Å². The standard InChI is InChI=1S/C16H19BrN2S/c17-13-6-4-5-12(9-13)15-10-19-16(20-15)11-18-14-7-2-1-3-8-14/h4-6,9-10,14,18H,1-3,7-8,11H2. The third-order valence-electron chi connectivity index (χ3n) is 3.81. The van der Waals surface area contributed by atoms with Gasteiger partial charge in [-0.05, 0) is 30.5 Å². The van der Waals surface area contributed by atoms with Crippen molar-refractivity contribution < 1.29 is 0 Å². The van der Waals surface area contributed by atoms with E-state index in [1.54, 1.807) is 11.3 Å². The second-order valence-corrected chi connectivity index (χ2v) is 7.38. The summed E-state index contributed by atoms with van der Waals surface area (Å²) in [6.07, 6.45) is 8.79. The van der Waals surface area contributed by atoms with Gasteiger partial charge in [-0.2, -0.15) is 0 Å². The normalized spacial score (nSPS) is 16.4. The van der Waals surface area contributed by atoms with Gasteiger partial charge in [0.25, 0.3) is 0 Å². The van der Waals surface area contributed by atoms with Crippen molar-refractivity contribution in [1.82, 2.24) is 10.3 Å². The van der Waals surface area contributed by atoms with E-state index in [4.69, 9.17) is 0 Å². The molecule has 0 saturated heterocycles. The molecule has 4 heteroatoms. The highest BCUT2D eigenvalue weighted by Crippen LogP contribution is 2.28. The summed E-state index contributed by atoms with van der Waals surface area (Å²) in [6.45, 7) is 0.906. The van der Waals surface area contributed by atoms with Gasteiger partial charge < -0.3 is 5.32 Å². The minimum Gasteiger partial charge on any atom is -0.308 e. The van der Waals surface area contributed by atoms with Crippen LogP contribution in [-0.2, 0) is 6.54 Å². The molecule has 2 nitrogen and oxygen atoms in total. The van der Waals surface area contributed by atoms with Crippen molar-refractivity contribution >= 4 is 27.3 Å². The Morgan fingerprint density at radius 1 is 1.25 bits per heavy atom. The van der Waals surface area contributed by atoms with E-state index in [-0.39, 0.29) is 0 Å². The number of aromatic nitrogens is 1. The lowest BCUT2D eigenvalue weighted by molar-refractivity contribution is 0.372. The molecule has 0 amide bonds. The Balaban J connectivity index is 1.61. The summed E-state index contributed by atoms with van der Waals surface area (Å²) in [5, 5.41) is 4.84. The van der Waals surface area contributed by atoms with Crippen LogP contribution in [0.2, 0.25) is 0 Å². The second-order valence-electron chi connectivity index (χ2n) is 5.34. The number of nitrogens with zero attached hydrogens (tertiary/aromatic N) is 1. The smallest absolute Gasteiger partial charge is 0.107 e. The van der Waals surface area contributed by atoms with Gasteiger partial charge in [0.2, 0.25) is 0 Å². The number of benzene rings is 1. The van der Waals surface area contributed by atoms with Crippen LogP contribution in [-0.4, -0.2) is 11.0 Å². The number of thiazole rings is 1. The Morgan fingerprint density at radius 3 is 2.90 bits per heavy atom. The first-order valence-corrected chi connectivity index (χ1v) is 8.86. The van der Waals surface area contributed by atoms with Gasteiger partial charge >= 0.3 is 0 Å². The summed E-state index contributed by atoms with van der Waals surface area (Å²) in [4.78, 5) is 5.79. The molecule has 0 atom stereocenters. The molecule has 1 aliphatic carbocycles. The molecule has 106 valence electrons. The van der Waals surface area contributed by atoms with Crippen LogP contribution in [0.1, 0.15) is 37.1 Å². The maximum Gasteiger partial charge on any atom is 0.107 e. The van der Waals surface area contributed by atoms with E-state index in [1.807, 2.05) is 6.20 Å². The highest BCUT2D eigenvalue weighted by Gasteiger charge is 2.13. The van der Waals surface area contributed by atoms with E-state index in [2.05, 4.69) is 50.5 Å². The van der Waals surface area contributed by atoms with Crippen molar-refractivity contribution in [3.05, 3.63) is 39.9 Å². The monoisotopic (exact) mass is 350 g/mol. The molecule has 1 heterocycles. The molecule has 0 radical (unpaired) electrons. The molecular formula is C16H19BrN2S. The molecule has 1 fully saturated rings. The third kappa shape index (κ3) is 3.68. The van der Waals surface area contributed by atoms with E-state index in [0.717, 1.165) is 11.0 Å². The van der Waals surface area contributed by atoms with Crippen molar-refractivity contribution in [2.75, 3.05) is 0 Å². The molecule has 0 spiro atoms. The zero-order chi connectivity index (χ0) is 13.8. The van der Waals surface area contributed by atoms with Gasteiger partial charge in [0.05, 0.1) is 4.88 Å². The summed E-state index contributed by atoms with van der Waals surface area (Å²) in [6, 6.07) is 9.10. The number of hydrogen-bond donors (Lipinski definition) is 1. The first-order valence-electron chi connectivity index (χ1n) is 7.25. The molecule has 0 unspecified atom stereocenters. The minimum absolute atomic E-state index is 0.696. The lowest BCUT2D eigenvalue weighted by atomic mass is 9.96. The minimum atomic E-state index is 0.696. The van der Waals surface area contributed by atoms with E-state index in [9.17, 15) is 0 Å². The van der Waals surface area contributed by atoms with Gasteiger partial charge in [-0.25, -0.2) is 4.98 Å². The number of hydrogen-bond acceptors (Lipinski definition) is 3. The molecule has 1 N–H and O–H groups in total. The average Bonchev–Trinajstić information content (AvgIpc) is 2.95. The van der Waals surface area contributed by atoms with E-state index in [0.29, 0.717) is 6.04 Å². The highest BCUT2D eigenvalue weighted by molar-refractivity contribution is 9.10. The van der Waals surface area contributed by atoms with Gasteiger partial charge in [-0.1, -0.05) is 47.3 Å². The lowest BCUT2D eigenvalue weighted by Crippen LogP contribution is -2.30. The molecule has 1 aromatic heterocycles. The maximum absolute atomic E-state index is 4.55. The number of halogens is 1. The average molecular weight is 351 g/mol. The van der Waals surface area contributed by atoms with Crippen LogP contribution in [0.15, 0.2) is 34.9 Å². The van der Waals surface area contributed by atoms with Crippen molar-refractivity contribution in [1.29, 1.82) is 0 Å². The number of rotatable bonds is 4. The predicted molar refractivity (Wildman–Crippen MR) is 89.0 cm³/mol. The van der Waals surface area contributed by atoms with Gasteiger partial charge in [0.15, 0.2) is 0 Å². The van der Waals surface area contributed by atoms with Crippen molar-refractivity contribution in [3.63, 3.8) is 0 Å². The van der Waals surface area contributed by atoms with E-state index >= 15 is 0 Å². The Hall–Kier alpha value is -0.710. The predicted octanol–water partition coefficient (Wildman–Crippen LogP) is 4.99. The molecule has 20 heavy (non-hydrogen) atoms. The molecular weight excluding hydrogens is 332 g/mol. The van der Waals surface area contributed by atoms with Gasteiger partial charge in [-0.15, -0.1) is 11.3 Å². The van der Waals surface area contributed by atoms with Crippen molar-refractivity contribution in [2.45, 2.75) is 44.7 Å². The molecule has 1 aromatic carbocycles. The summed E-state index contributed by atoms with van der Waals surface area (Å²) in [5.41, 5.74) is 1.24. The Labute approximate surface area is 132 Å². The van der Waals surface area contributed by atoms with E-state index in [1.165, 1.54) is 47.6 Å². The summed E-state index contributed by atoms with van der Waals surface area (Å²) in [5.74, 6) is 0. The van der Waals surface area contributed by atoms with Crippen LogP contribution in [0.3, 0.4) is 0 Å². The maximum atomic E-state index is 4.55. The fourth-order valence-electron chi connectivity index (χ4n) is 2.71. The fourth-order valence-corrected chi connectivity index (χ4v) is 3.97. The fraction of sp³-hybridized carbons (Fsp3) is 0.438. The van der Waals surface area contributed by atoms with Gasteiger partial charge in [0.1, 0.15) is 5.01 Å². The first kappa shape index (κ1) is 14.2. The second kappa shape index (κ2) is 6.83. The number of nitrogens with one attached hydrogen (secondary N) is 1.